The summed E-state index contributed by atoms with van der Waals surface area (Å²) in [5, 5.41) is 9.36. The number of nitrogens with zero attached hydrogens (tertiary/aromatic N) is 4. The van der Waals surface area contributed by atoms with Gasteiger partial charge in [0.1, 0.15) is 5.82 Å². The van der Waals surface area contributed by atoms with Gasteiger partial charge in [-0.1, -0.05) is 23.4 Å². The van der Waals surface area contributed by atoms with E-state index in [-0.39, 0.29) is 0 Å². The van der Waals surface area contributed by atoms with E-state index in [1.807, 2.05) is 18.2 Å². The number of carbonyl (C=O) groups is 2. The van der Waals surface area contributed by atoms with E-state index >= 15 is 0 Å². The lowest BCUT2D eigenvalue weighted by Gasteiger charge is -2.20. The van der Waals surface area contributed by atoms with Gasteiger partial charge in [0.25, 0.3) is 11.8 Å². The minimum Gasteiger partial charge on any atom is -0.271 e. The number of carbonyl (C=O) groups excluding carboxylic acids is 2. The Bertz CT molecular complexity index is 807. The van der Waals surface area contributed by atoms with Crippen molar-refractivity contribution in [1.29, 1.82) is 0 Å². The van der Waals surface area contributed by atoms with Crippen molar-refractivity contribution in [3.63, 3.8) is 0 Å². The lowest BCUT2D eigenvalue weighted by Crippen LogP contribution is -2.39. The molecule has 2 atom stereocenters. The number of hydrogen-bond acceptors (Lipinski definition) is 5. The van der Waals surface area contributed by atoms with Crippen molar-refractivity contribution in [2.75, 3.05) is 9.91 Å². The molecule has 23 heavy (non-hydrogen) atoms. The molecular weight excluding hydrogens is 299 g/mol. The normalized spacial score (nSPS) is 22.8. The molecule has 0 spiro atoms. The summed E-state index contributed by atoms with van der Waals surface area (Å²) in [6.45, 7) is 0. The second-order valence-electron chi connectivity index (χ2n) is 5.26. The third kappa shape index (κ3) is 2.01. The summed E-state index contributed by atoms with van der Waals surface area (Å²) in [6.07, 6.45) is 0. The summed E-state index contributed by atoms with van der Waals surface area (Å²) in [7, 11) is 0. The third-order valence-corrected chi connectivity index (χ3v) is 3.89. The molecule has 1 fully saturated rings. The van der Waals surface area contributed by atoms with Gasteiger partial charge in [-0.25, -0.2) is 14.3 Å². The monoisotopic (exact) mass is 310 g/mol. The summed E-state index contributed by atoms with van der Waals surface area (Å²) in [4.78, 5) is 26.3. The molecule has 2 aliphatic rings. The van der Waals surface area contributed by atoms with Crippen molar-refractivity contribution in [2.24, 2.45) is 10.3 Å². The molecule has 0 aromatic heterocycles. The highest BCUT2D eigenvalue weighted by Gasteiger charge is 2.55. The second-order valence-corrected chi connectivity index (χ2v) is 5.26. The van der Waals surface area contributed by atoms with E-state index < -0.39 is 29.7 Å². The molecule has 2 amide bonds. The first-order valence-corrected chi connectivity index (χ1v) is 7.05. The second kappa shape index (κ2) is 4.98. The van der Waals surface area contributed by atoms with Gasteiger partial charge in [-0.2, -0.15) is 5.11 Å². The van der Waals surface area contributed by atoms with Crippen LogP contribution in [0.25, 0.3) is 0 Å². The largest absolute Gasteiger partial charge is 0.271 e. The van der Waals surface area contributed by atoms with Crippen LogP contribution in [0.2, 0.25) is 0 Å². The smallest absolute Gasteiger partial charge is 0.263 e. The highest BCUT2D eigenvalue weighted by Crippen LogP contribution is 2.34. The van der Waals surface area contributed by atoms with Crippen LogP contribution < -0.4 is 9.91 Å². The van der Waals surface area contributed by atoms with Crippen molar-refractivity contribution < 1.29 is 14.0 Å². The summed E-state index contributed by atoms with van der Waals surface area (Å²) in [5.74, 6) is -1.30. The first-order valence-electron chi connectivity index (χ1n) is 7.05. The predicted octanol–water partition coefficient (Wildman–Crippen LogP) is 2.32. The van der Waals surface area contributed by atoms with Crippen LogP contribution in [-0.2, 0) is 9.59 Å². The summed E-state index contributed by atoms with van der Waals surface area (Å²) < 4.78 is 13.1. The Balaban J connectivity index is 1.70. The Kier molecular flexibility index (Phi) is 2.94. The third-order valence-electron chi connectivity index (χ3n) is 3.89. The molecule has 2 heterocycles. The van der Waals surface area contributed by atoms with Gasteiger partial charge < -0.3 is 0 Å². The van der Waals surface area contributed by atoms with E-state index in [9.17, 15) is 14.0 Å². The van der Waals surface area contributed by atoms with E-state index in [0.29, 0.717) is 11.4 Å². The average molecular weight is 310 g/mol. The average Bonchev–Trinajstić information content (AvgIpc) is 3.11. The summed E-state index contributed by atoms with van der Waals surface area (Å²) >= 11 is 0. The number of rotatable bonds is 2. The van der Waals surface area contributed by atoms with Gasteiger partial charge in [0, 0.05) is 0 Å². The number of benzene rings is 2. The number of fused-ring (bicyclic) bond motifs is 1. The SMILES string of the molecule is O=C1[C@@H]2N=NN(c3ccccc3)[C@H]2C(=O)N1c1ccc(F)cc1. The quantitative estimate of drug-likeness (QED) is 0.800. The van der Waals surface area contributed by atoms with Crippen molar-refractivity contribution in [3.8, 4) is 0 Å². The lowest BCUT2D eigenvalue weighted by atomic mass is 10.1. The van der Waals surface area contributed by atoms with Gasteiger partial charge in [0.15, 0.2) is 12.1 Å². The van der Waals surface area contributed by atoms with Gasteiger partial charge in [-0.05, 0) is 36.4 Å². The molecule has 4 rings (SSSR count). The highest BCUT2D eigenvalue weighted by molar-refractivity contribution is 6.26. The Morgan fingerprint density at radius 3 is 2.26 bits per heavy atom. The minimum atomic E-state index is -0.868. The number of amides is 2. The zero-order valence-electron chi connectivity index (χ0n) is 11.8. The van der Waals surface area contributed by atoms with E-state index in [1.54, 1.807) is 12.1 Å². The molecule has 0 radical (unpaired) electrons. The van der Waals surface area contributed by atoms with Crippen LogP contribution in [0.5, 0.6) is 0 Å². The molecular formula is C16H11FN4O2. The van der Waals surface area contributed by atoms with Crippen LogP contribution in [0.1, 0.15) is 0 Å². The Morgan fingerprint density at radius 1 is 0.870 bits per heavy atom. The standard InChI is InChI=1S/C16H11FN4O2/c17-10-6-8-11(9-7-10)20-15(22)13-14(16(20)23)21(19-18-13)12-4-2-1-3-5-12/h1-9,13-14H/t13-,14-/m1/s1. The number of anilines is 2. The molecule has 0 bridgehead atoms. The summed E-state index contributed by atoms with van der Waals surface area (Å²) in [6, 6.07) is 12.6. The lowest BCUT2D eigenvalue weighted by molar-refractivity contribution is -0.121. The molecule has 114 valence electrons. The van der Waals surface area contributed by atoms with Crippen LogP contribution in [0.15, 0.2) is 64.9 Å². The van der Waals surface area contributed by atoms with E-state index in [1.165, 1.54) is 29.3 Å². The van der Waals surface area contributed by atoms with E-state index in [2.05, 4.69) is 10.3 Å². The van der Waals surface area contributed by atoms with Gasteiger partial charge in [-0.15, -0.1) is 0 Å². The van der Waals surface area contributed by atoms with E-state index in [4.69, 9.17) is 0 Å². The fourth-order valence-corrected chi connectivity index (χ4v) is 2.80. The topological polar surface area (TPSA) is 65.3 Å². The van der Waals surface area contributed by atoms with Crippen molar-refractivity contribution in [1.82, 2.24) is 0 Å². The zero-order chi connectivity index (χ0) is 16.0. The molecule has 7 heteroatoms. The molecule has 0 aliphatic carbocycles. The molecule has 0 saturated carbocycles. The van der Waals surface area contributed by atoms with Crippen molar-refractivity contribution in [2.45, 2.75) is 12.1 Å². The van der Waals surface area contributed by atoms with Crippen LogP contribution in [0, 0.1) is 5.82 Å². The number of para-hydroxylation sites is 1. The Hall–Kier alpha value is -3.09. The first kappa shape index (κ1) is 13.6. The maximum atomic E-state index is 13.1. The Morgan fingerprint density at radius 2 is 1.57 bits per heavy atom. The maximum Gasteiger partial charge on any atom is 0.263 e. The number of halogens is 1. The van der Waals surface area contributed by atoms with Gasteiger partial charge in [-0.3, -0.25) is 9.59 Å². The predicted molar refractivity (Wildman–Crippen MR) is 80.2 cm³/mol. The molecule has 1 saturated heterocycles. The fourth-order valence-electron chi connectivity index (χ4n) is 2.80. The molecule has 0 N–H and O–H groups in total. The van der Waals surface area contributed by atoms with Crippen LogP contribution >= 0.6 is 0 Å². The van der Waals surface area contributed by atoms with Gasteiger partial charge >= 0.3 is 0 Å². The minimum absolute atomic E-state index is 0.332. The zero-order valence-corrected chi connectivity index (χ0v) is 11.8. The van der Waals surface area contributed by atoms with Crippen LogP contribution in [0.3, 0.4) is 0 Å². The van der Waals surface area contributed by atoms with Crippen LogP contribution in [0.4, 0.5) is 15.8 Å². The van der Waals surface area contributed by atoms with Gasteiger partial charge in [0.05, 0.1) is 11.4 Å². The molecule has 0 unspecified atom stereocenters. The van der Waals surface area contributed by atoms with Crippen molar-refractivity contribution in [3.05, 3.63) is 60.4 Å². The fraction of sp³-hybridized carbons (Fsp3) is 0.125. The maximum absolute atomic E-state index is 13.1. The van der Waals surface area contributed by atoms with Gasteiger partial charge in [0.2, 0.25) is 0 Å². The number of imide groups is 1. The Labute approximate surface area is 130 Å². The molecule has 2 aromatic rings. The van der Waals surface area contributed by atoms with Crippen molar-refractivity contribution >= 4 is 23.2 Å². The molecule has 2 aromatic carbocycles. The molecule has 6 nitrogen and oxygen atoms in total. The first-order chi connectivity index (χ1) is 11.2. The summed E-state index contributed by atoms with van der Waals surface area (Å²) in [5.41, 5.74) is 1.02. The molecule has 2 aliphatic heterocycles. The van der Waals surface area contributed by atoms with Crippen LogP contribution in [-0.4, -0.2) is 23.9 Å². The number of hydrogen-bond donors (Lipinski definition) is 0. The van der Waals surface area contributed by atoms with E-state index in [0.717, 1.165) is 4.90 Å². The highest BCUT2D eigenvalue weighted by atomic mass is 19.1.